The number of hydrogen-bond donors (Lipinski definition) is 0. The van der Waals surface area contributed by atoms with Crippen molar-refractivity contribution in [1.29, 1.82) is 0 Å². The van der Waals surface area contributed by atoms with Crippen LogP contribution in [-0.4, -0.2) is 8.76 Å². The lowest BCUT2D eigenvalue weighted by Gasteiger charge is -2.10. The fourth-order valence-corrected chi connectivity index (χ4v) is 2.01. The van der Waals surface area contributed by atoms with Crippen molar-refractivity contribution in [3.05, 3.63) is 29.8 Å². The first-order chi connectivity index (χ1) is 6.75. The van der Waals surface area contributed by atoms with E-state index in [9.17, 15) is 8.76 Å². The van der Waals surface area contributed by atoms with Gasteiger partial charge in [0.25, 0.3) is 0 Å². The Morgan fingerprint density at radius 1 is 1.29 bits per heavy atom. The molecule has 0 aromatic heterocycles. The van der Waals surface area contributed by atoms with Crippen LogP contribution in [0.2, 0.25) is 0 Å². The highest BCUT2D eigenvalue weighted by Crippen LogP contribution is 2.15. The van der Waals surface area contributed by atoms with Crippen molar-refractivity contribution in [1.82, 2.24) is 0 Å². The standard InChI is InChI=1S/C11H16O2S/c1-2-3-4-7-10-8-5-6-9-11(10)14(12)13/h5-6,8-9H,2-4,7H2,1H3,(H,12,13)/p-1. The van der Waals surface area contributed by atoms with Gasteiger partial charge in [0.1, 0.15) is 0 Å². The summed E-state index contributed by atoms with van der Waals surface area (Å²) in [6.07, 6.45) is 4.23. The first-order valence-electron chi connectivity index (χ1n) is 4.93. The van der Waals surface area contributed by atoms with Crippen molar-refractivity contribution in [2.75, 3.05) is 0 Å². The normalized spacial score (nSPS) is 12.7. The first kappa shape index (κ1) is 11.4. The van der Waals surface area contributed by atoms with Crippen LogP contribution in [0.3, 0.4) is 0 Å². The number of unbranched alkanes of at least 4 members (excludes halogenated alkanes) is 2. The minimum absolute atomic E-state index is 0.448. The summed E-state index contributed by atoms with van der Waals surface area (Å²) in [7, 11) is 0. The molecule has 0 bridgehead atoms. The van der Waals surface area contributed by atoms with Crippen LogP contribution in [0.25, 0.3) is 0 Å². The van der Waals surface area contributed by atoms with Crippen LogP contribution in [0.4, 0.5) is 0 Å². The average molecular weight is 211 g/mol. The summed E-state index contributed by atoms with van der Waals surface area (Å²) in [5.74, 6) is 0. The maximum absolute atomic E-state index is 10.9. The third-order valence-corrected chi connectivity index (χ3v) is 2.96. The molecule has 0 aliphatic heterocycles. The van der Waals surface area contributed by atoms with E-state index < -0.39 is 11.1 Å². The van der Waals surface area contributed by atoms with Crippen LogP contribution < -0.4 is 0 Å². The Morgan fingerprint density at radius 3 is 2.64 bits per heavy atom. The van der Waals surface area contributed by atoms with Crippen molar-refractivity contribution in [3.63, 3.8) is 0 Å². The van der Waals surface area contributed by atoms with E-state index in [1.165, 1.54) is 0 Å². The Morgan fingerprint density at radius 2 is 2.00 bits per heavy atom. The quantitative estimate of drug-likeness (QED) is 0.555. The molecule has 0 aliphatic carbocycles. The van der Waals surface area contributed by atoms with Gasteiger partial charge in [0.05, 0.1) is 0 Å². The highest BCUT2D eigenvalue weighted by molar-refractivity contribution is 7.79. The minimum atomic E-state index is -2.10. The number of rotatable bonds is 5. The zero-order chi connectivity index (χ0) is 10.4. The lowest BCUT2D eigenvalue weighted by Crippen LogP contribution is -1.96. The largest absolute Gasteiger partial charge is 0.768 e. The molecule has 1 aromatic rings. The number of hydrogen-bond acceptors (Lipinski definition) is 2. The van der Waals surface area contributed by atoms with Crippen LogP contribution in [0.1, 0.15) is 31.7 Å². The Labute approximate surface area is 87.6 Å². The van der Waals surface area contributed by atoms with Crippen LogP contribution in [0.15, 0.2) is 29.2 Å². The summed E-state index contributed by atoms with van der Waals surface area (Å²) in [4.78, 5) is 0.448. The summed E-state index contributed by atoms with van der Waals surface area (Å²) < 4.78 is 21.7. The van der Waals surface area contributed by atoms with Crippen LogP contribution in [0, 0.1) is 0 Å². The third kappa shape index (κ3) is 3.24. The van der Waals surface area contributed by atoms with E-state index in [0.717, 1.165) is 31.2 Å². The van der Waals surface area contributed by atoms with Gasteiger partial charge in [-0.3, -0.25) is 4.21 Å². The van der Waals surface area contributed by atoms with Gasteiger partial charge in [0, 0.05) is 4.90 Å². The summed E-state index contributed by atoms with van der Waals surface area (Å²) in [5.41, 5.74) is 0.939. The van der Waals surface area contributed by atoms with Crippen molar-refractivity contribution in [3.8, 4) is 0 Å². The Balaban J connectivity index is 2.69. The van der Waals surface area contributed by atoms with E-state index in [1.54, 1.807) is 12.1 Å². The number of aryl methyl sites for hydroxylation is 1. The topological polar surface area (TPSA) is 40.1 Å². The summed E-state index contributed by atoms with van der Waals surface area (Å²) in [5, 5.41) is 0. The second-order valence-corrected chi connectivity index (χ2v) is 4.21. The SMILES string of the molecule is CCCCCc1ccccc1S(=O)[O-]. The van der Waals surface area contributed by atoms with Gasteiger partial charge >= 0.3 is 0 Å². The molecule has 1 atom stereocenters. The molecule has 0 heterocycles. The highest BCUT2D eigenvalue weighted by Gasteiger charge is 2.00. The molecule has 0 spiro atoms. The third-order valence-electron chi connectivity index (χ3n) is 2.20. The second-order valence-electron chi connectivity index (χ2n) is 3.30. The smallest absolute Gasteiger partial charge is 0.0280 e. The van der Waals surface area contributed by atoms with Crippen molar-refractivity contribution >= 4 is 11.1 Å². The lowest BCUT2D eigenvalue weighted by molar-refractivity contribution is 0.535. The van der Waals surface area contributed by atoms with Gasteiger partial charge in [0.2, 0.25) is 0 Å². The molecule has 0 amide bonds. The molecule has 14 heavy (non-hydrogen) atoms. The molecule has 0 fully saturated rings. The van der Waals surface area contributed by atoms with E-state index in [1.807, 2.05) is 12.1 Å². The van der Waals surface area contributed by atoms with Gasteiger partial charge < -0.3 is 4.55 Å². The van der Waals surface area contributed by atoms with Crippen molar-refractivity contribution < 1.29 is 8.76 Å². The van der Waals surface area contributed by atoms with Crippen molar-refractivity contribution in [2.24, 2.45) is 0 Å². The van der Waals surface area contributed by atoms with Gasteiger partial charge in [0.15, 0.2) is 0 Å². The van der Waals surface area contributed by atoms with Crippen molar-refractivity contribution in [2.45, 2.75) is 37.5 Å². The minimum Gasteiger partial charge on any atom is -0.768 e. The number of benzene rings is 1. The summed E-state index contributed by atoms with van der Waals surface area (Å²) >= 11 is -2.10. The Kier molecular flexibility index (Phi) is 4.84. The average Bonchev–Trinajstić information content (AvgIpc) is 2.19. The maximum Gasteiger partial charge on any atom is 0.0280 e. The van der Waals surface area contributed by atoms with Gasteiger partial charge in [-0.05, 0) is 35.6 Å². The second kappa shape index (κ2) is 5.94. The van der Waals surface area contributed by atoms with Gasteiger partial charge in [-0.2, -0.15) is 0 Å². The zero-order valence-corrected chi connectivity index (χ0v) is 9.18. The molecule has 1 unspecified atom stereocenters. The molecule has 3 heteroatoms. The molecule has 0 saturated heterocycles. The lowest BCUT2D eigenvalue weighted by atomic mass is 10.1. The van der Waals surface area contributed by atoms with E-state index in [-0.39, 0.29) is 0 Å². The predicted octanol–water partition coefficient (Wildman–Crippen LogP) is 2.66. The Bertz CT molecular complexity index is 310. The fraction of sp³-hybridized carbons (Fsp3) is 0.455. The fourth-order valence-electron chi connectivity index (χ4n) is 1.44. The molecular formula is C11H15O2S-. The van der Waals surface area contributed by atoms with Crippen LogP contribution in [0.5, 0.6) is 0 Å². The predicted molar refractivity (Wildman–Crippen MR) is 56.9 cm³/mol. The molecule has 1 rings (SSSR count). The van der Waals surface area contributed by atoms with Crippen LogP contribution >= 0.6 is 0 Å². The van der Waals surface area contributed by atoms with Gasteiger partial charge in [-0.1, -0.05) is 38.0 Å². The molecule has 0 radical (unpaired) electrons. The van der Waals surface area contributed by atoms with E-state index in [2.05, 4.69) is 6.92 Å². The van der Waals surface area contributed by atoms with E-state index in [0.29, 0.717) is 4.90 Å². The Hall–Kier alpha value is -0.670. The molecule has 1 aromatic carbocycles. The van der Waals surface area contributed by atoms with Gasteiger partial charge in [-0.25, -0.2) is 0 Å². The molecular weight excluding hydrogens is 196 g/mol. The monoisotopic (exact) mass is 211 g/mol. The summed E-state index contributed by atoms with van der Waals surface area (Å²) in [6.45, 7) is 2.14. The molecule has 0 N–H and O–H groups in total. The van der Waals surface area contributed by atoms with Crippen LogP contribution in [-0.2, 0) is 17.5 Å². The first-order valence-corrected chi connectivity index (χ1v) is 6.00. The summed E-state index contributed by atoms with van der Waals surface area (Å²) in [6, 6.07) is 7.19. The highest BCUT2D eigenvalue weighted by atomic mass is 32.2. The molecule has 2 nitrogen and oxygen atoms in total. The zero-order valence-electron chi connectivity index (χ0n) is 8.36. The van der Waals surface area contributed by atoms with E-state index >= 15 is 0 Å². The maximum atomic E-state index is 10.9. The molecule has 0 saturated carbocycles. The van der Waals surface area contributed by atoms with Gasteiger partial charge in [-0.15, -0.1) is 0 Å². The van der Waals surface area contributed by atoms with E-state index in [4.69, 9.17) is 0 Å². The molecule has 78 valence electrons. The molecule has 0 aliphatic rings.